The molecular formula is C12H12N3O3S. The third-order valence-corrected chi connectivity index (χ3v) is 3.29. The van der Waals surface area contributed by atoms with Crippen molar-refractivity contribution < 1.29 is 14.4 Å². The van der Waals surface area contributed by atoms with Gasteiger partial charge in [-0.25, -0.2) is 4.98 Å². The second-order valence-corrected chi connectivity index (χ2v) is 4.70. The molecule has 1 heterocycles. The van der Waals surface area contributed by atoms with Crippen LogP contribution in [0.5, 0.6) is 0 Å². The Balaban J connectivity index is 2.04. The van der Waals surface area contributed by atoms with Gasteiger partial charge in [0.2, 0.25) is 6.41 Å². The topological polar surface area (TPSA) is 80.6 Å². The fraction of sp³-hybridized carbons (Fsp3) is 0.333. The van der Waals surface area contributed by atoms with Gasteiger partial charge in [0.25, 0.3) is 6.29 Å². The molecule has 0 aromatic carbocycles. The summed E-state index contributed by atoms with van der Waals surface area (Å²) in [4.78, 5) is 30.4. The fourth-order valence-corrected chi connectivity index (χ4v) is 2.26. The second-order valence-electron chi connectivity index (χ2n) is 3.84. The molecule has 1 radical (unpaired) electrons. The smallest absolute Gasteiger partial charge is 0.259 e. The van der Waals surface area contributed by atoms with Crippen LogP contribution in [0.1, 0.15) is 25.0 Å². The number of anilines is 1. The quantitative estimate of drug-likeness (QED) is 0.371. The molecule has 0 aliphatic heterocycles. The van der Waals surface area contributed by atoms with Crippen molar-refractivity contribution in [1.29, 1.82) is 0 Å². The van der Waals surface area contributed by atoms with Gasteiger partial charge >= 0.3 is 0 Å². The maximum Gasteiger partial charge on any atom is 0.259 e. The Kier molecular flexibility index (Phi) is 4.79. The minimum absolute atomic E-state index is 0.00540. The van der Waals surface area contributed by atoms with Crippen LogP contribution in [0.2, 0.25) is 0 Å². The van der Waals surface area contributed by atoms with Crippen LogP contribution in [0.3, 0.4) is 0 Å². The van der Waals surface area contributed by atoms with Crippen LogP contribution in [0.15, 0.2) is 22.7 Å². The number of carbonyl (C=O) groups is 1. The minimum Gasteiger partial charge on any atom is -0.388 e. The molecule has 0 fully saturated rings. The van der Waals surface area contributed by atoms with Gasteiger partial charge in [0.05, 0.1) is 0 Å². The van der Waals surface area contributed by atoms with E-state index in [4.69, 9.17) is 4.84 Å². The van der Waals surface area contributed by atoms with Gasteiger partial charge in [-0.15, -0.1) is 11.3 Å². The van der Waals surface area contributed by atoms with Gasteiger partial charge in [0.15, 0.2) is 10.8 Å². The van der Waals surface area contributed by atoms with Gasteiger partial charge in [-0.05, 0) is 25.3 Å². The van der Waals surface area contributed by atoms with Gasteiger partial charge < -0.3 is 10.2 Å². The van der Waals surface area contributed by atoms with Crippen molar-refractivity contribution in [3.8, 4) is 0 Å². The monoisotopic (exact) mass is 278 g/mol. The van der Waals surface area contributed by atoms with E-state index in [0.29, 0.717) is 17.2 Å². The average Bonchev–Trinajstić information content (AvgIpc) is 2.90. The predicted molar refractivity (Wildman–Crippen MR) is 71.9 cm³/mol. The third-order valence-electron chi connectivity index (χ3n) is 2.52. The highest BCUT2D eigenvalue weighted by Gasteiger charge is 2.13. The molecule has 0 saturated carbocycles. The highest BCUT2D eigenvalue weighted by Crippen LogP contribution is 2.16. The number of allylic oxidation sites excluding steroid dienone is 1. The van der Waals surface area contributed by atoms with Gasteiger partial charge in [-0.3, -0.25) is 9.59 Å². The van der Waals surface area contributed by atoms with Crippen molar-refractivity contribution >= 4 is 34.9 Å². The minimum atomic E-state index is -0.108. The van der Waals surface area contributed by atoms with Crippen LogP contribution in [-0.4, -0.2) is 29.5 Å². The number of hydrogen-bond donors (Lipinski definition) is 1. The summed E-state index contributed by atoms with van der Waals surface area (Å²) in [6.07, 6.45) is 9.03. The summed E-state index contributed by atoms with van der Waals surface area (Å²) in [6.45, 7) is 0. The molecule has 1 aliphatic rings. The number of carbonyl (C=O) groups excluding carboxylic acids is 2. The average molecular weight is 278 g/mol. The molecule has 19 heavy (non-hydrogen) atoms. The number of amides is 1. The van der Waals surface area contributed by atoms with Crippen molar-refractivity contribution in [2.75, 3.05) is 5.32 Å². The zero-order valence-electron chi connectivity index (χ0n) is 10.0. The van der Waals surface area contributed by atoms with Crippen LogP contribution >= 0.6 is 11.3 Å². The van der Waals surface area contributed by atoms with E-state index in [0.717, 1.165) is 19.3 Å². The SMILES string of the molecule is O=[C]/C(=N\OC1C=CCCC1)c1csc(NC=O)n1. The Hall–Kier alpha value is -2.02. The first-order valence-electron chi connectivity index (χ1n) is 5.78. The number of nitrogens with zero attached hydrogens (tertiary/aromatic N) is 2. The van der Waals surface area contributed by atoms with Crippen molar-refractivity contribution in [2.45, 2.75) is 25.4 Å². The summed E-state index contributed by atoms with van der Waals surface area (Å²) in [5, 5.41) is 8.18. The van der Waals surface area contributed by atoms with E-state index in [1.54, 1.807) is 11.7 Å². The summed E-state index contributed by atoms with van der Waals surface area (Å²) < 4.78 is 0. The molecule has 1 aromatic rings. The molecule has 1 aromatic heterocycles. The Bertz CT molecular complexity index is 510. The first-order valence-corrected chi connectivity index (χ1v) is 6.66. The second kappa shape index (κ2) is 6.79. The highest BCUT2D eigenvalue weighted by atomic mass is 32.1. The zero-order chi connectivity index (χ0) is 13.5. The molecule has 1 aliphatic carbocycles. The van der Waals surface area contributed by atoms with Crippen molar-refractivity contribution in [1.82, 2.24) is 4.98 Å². The van der Waals surface area contributed by atoms with Crippen LogP contribution in [-0.2, 0) is 14.4 Å². The number of thiazole rings is 1. The molecular weight excluding hydrogens is 266 g/mol. The number of nitrogens with one attached hydrogen (secondary N) is 1. The standard InChI is InChI=1S/C12H12N3O3S/c16-6-10(11-7-19-12(14-11)13-8-17)15-18-9-4-2-1-3-5-9/h2,4,7-9H,1,3,5H2,(H,13,14,17)/b15-10+. The van der Waals surface area contributed by atoms with Crippen molar-refractivity contribution in [2.24, 2.45) is 5.16 Å². The molecule has 7 heteroatoms. The van der Waals surface area contributed by atoms with E-state index in [-0.39, 0.29) is 11.8 Å². The first kappa shape index (κ1) is 13.4. The fourth-order valence-electron chi connectivity index (χ4n) is 1.61. The lowest BCUT2D eigenvalue weighted by Gasteiger charge is -2.13. The summed E-state index contributed by atoms with van der Waals surface area (Å²) in [5.74, 6) is 0. The van der Waals surface area contributed by atoms with E-state index in [2.05, 4.69) is 15.5 Å². The molecule has 0 bridgehead atoms. The van der Waals surface area contributed by atoms with Crippen LogP contribution in [0.4, 0.5) is 5.13 Å². The summed E-state index contributed by atoms with van der Waals surface area (Å²) in [7, 11) is 0. The summed E-state index contributed by atoms with van der Waals surface area (Å²) in [5.41, 5.74) is 0.332. The van der Waals surface area contributed by atoms with Gasteiger partial charge in [-0.1, -0.05) is 11.2 Å². The van der Waals surface area contributed by atoms with E-state index in [1.165, 1.54) is 11.3 Å². The lowest BCUT2D eigenvalue weighted by molar-refractivity contribution is -0.105. The van der Waals surface area contributed by atoms with E-state index in [9.17, 15) is 9.59 Å². The Morgan fingerprint density at radius 2 is 2.58 bits per heavy atom. The summed E-state index contributed by atoms with van der Waals surface area (Å²) >= 11 is 1.20. The third kappa shape index (κ3) is 3.72. The molecule has 1 unspecified atom stereocenters. The molecule has 0 saturated heterocycles. The Labute approximate surface area is 114 Å². The molecule has 99 valence electrons. The van der Waals surface area contributed by atoms with Crippen LogP contribution < -0.4 is 5.32 Å². The van der Waals surface area contributed by atoms with E-state index in [1.807, 2.05) is 12.2 Å². The maximum atomic E-state index is 10.9. The van der Waals surface area contributed by atoms with Crippen molar-refractivity contribution in [3.05, 3.63) is 23.2 Å². The van der Waals surface area contributed by atoms with Gasteiger partial charge in [-0.2, -0.15) is 0 Å². The molecule has 6 nitrogen and oxygen atoms in total. The van der Waals surface area contributed by atoms with Crippen LogP contribution in [0, 0.1) is 0 Å². The largest absolute Gasteiger partial charge is 0.388 e. The number of hydrogen-bond acceptors (Lipinski definition) is 6. The highest BCUT2D eigenvalue weighted by molar-refractivity contribution is 7.14. The lowest BCUT2D eigenvalue weighted by Crippen LogP contribution is -2.12. The Morgan fingerprint density at radius 1 is 1.68 bits per heavy atom. The Morgan fingerprint density at radius 3 is 3.26 bits per heavy atom. The molecule has 1 amide bonds. The number of oxime groups is 1. The normalized spacial score (nSPS) is 18.9. The van der Waals surface area contributed by atoms with E-state index < -0.39 is 0 Å². The number of aromatic nitrogens is 1. The van der Waals surface area contributed by atoms with Gasteiger partial charge in [0, 0.05) is 5.38 Å². The zero-order valence-corrected chi connectivity index (χ0v) is 10.9. The molecule has 1 atom stereocenters. The first-order chi connectivity index (χ1) is 9.33. The van der Waals surface area contributed by atoms with Crippen LogP contribution in [0.25, 0.3) is 0 Å². The van der Waals surface area contributed by atoms with Crippen molar-refractivity contribution in [3.63, 3.8) is 0 Å². The molecule has 0 spiro atoms. The summed E-state index contributed by atoms with van der Waals surface area (Å²) in [6, 6.07) is 0. The number of rotatable bonds is 6. The predicted octanol–water partition coefficient (Wildman–Crippen LogP) is 1.65. The van der Waals surface area contributed by atoms with E-state index >= 15 is 0 Å². The maximum absolute atomic E-state index is 10.9. The van der Waals surface area contributed by atoms with Gasteiger partial charge in [0.1, 0.15) is 11.8 Å². The lowest BCUT2D eigenvalue weighted by atomic mass is 10.1. The molecule has 1 N–H and O–H groups in total. The molecule has 2 rings (SSSR count).